The van der Waals surface area contributed by atoms with E-state index >= 15 is 0 Å². The van der Waals surface area contributed by atoms with Crippen molar-refractivity contribution in [3.05, 3.63) is 59.7 Å². The number of benzene rings is 2. The fourth-order valence-corrected chi connectivity index (χ4v) is 4.78. The van der Waals surface area contributed by atoms with E-state index in [4.69, 9.17) is 4.74 Å². The topological polar surface area (TPSA) is 26.3 Å². The Labute approximate surface area is 195 Å². The number of carbonyl (C=O) groups excluding carboxylic acids is 1. The van der Waals surface area contributed by atoms with Crippen LogP contribution in [0, 0.1) is 5.92 Å². The van der Waals surface area contributed by atoms with Gasteiger partial charge in [-0.05, 0) is 60.8 Å². The van der Waals surface area contributed by atoms with Crippen LogP contribution in [-0.2, 0) is 22.4 Å². The summed E-state index contributed by atoms with van der Waals surface area (Å²) in [5.74, 6) is 0.0217. The van der Waals surface area contributed by atoms with Gasteiger partial charge in [0.1, 0.15) is 6.10 Å². The average molecular weight is 435 g/mol. The van der Waals surface area contributed by atoms with Gasteiger partial charge in [-0.3, -0.25) is 4.79 Å². The minimum atomic E-state index is -0.000138. The van der Waals surface area contributed by atoms with Gasteiger partial charge in [0.25, 0.3) is 0 Å². The molecule has 0 N–H and O–H groups in total. The van der Waals surface area contributed by atoms with Gasteiger partial charge >= 0.3 is 5.97 Å². The SMILES string of the molecule is CCCCCCCc1ccc(-c2ccc(CC3C[C@@H](CCCCCC)OC3=O)cc2)cc1. The smallest absolute Gasteiger partial charge is 0.309 e. The number of carbonyl (C=O) groups is 1. The molecular formula is C30H42O2. The van der Waals surface area contributed by atoms with E-state index < -0.39 is 0 Å². The Morgan fingerprint density at radius 1 is 0.719 bits per heavy atom. The first kappa shape index (κ1) is 24.6. The van der Waals surface area contributed by atoms with Crippen molar-refractivity contribution in [2.75, 3.05) is 0 Å². The molecule has 3 rings (SSSR count). The van der Waals surface area contributed by atoms with Gasteiger partial charge in [0, 0.05) is 0 Å². The van der Waals surface area contributed by atoms with Crippen LogP contribution < -0.4 is 0 Å². The van der Waals surface area contributed by atoms with Gasteiger partial charge < -0.3 is 4.74 Å². The molecule has 1 aliphatic rings. The zero-order valence-corrected chi connectivity index (χ0v) is 20.3. The fourth-order valence-electron chi connectivity index (χ4n) is 4.78. The molecule has 174 valence electrons. The van der Waals surface area contributed by atoms with Gasteiger partial charge in [-0.2, -0.15) is 0 Å². The van der Waals surface area contributed by atoms with Crippen LogP contribution in [0.5, 0.6) is 0 Å². The van der Waals surface area contributed by atoms with Gasteiger partial charge in [0.2, 0.25) is 0 Å². The second-order valence-electron chi connectivity index (χ2n) is 9.60. The maximum Gasteiger partial charge on any atom is 0.309 e. The van der Waals surface area contributed by atoms with E-state index in [0.29, 0.717) is 0 Å². The van der Waals surface area contributed by atoms with Crippen LogP contribution in [0.1, 0.15) is 95.6 Å². The molecule has 1 fully saturated rings. The maximum atomic E-state index is 12.3. The Morgan fingerprint density at radius 3 is 1.91 bits per heavy atom. The van der Waals surface area contributed by atoms with E-state index in [1.165, 1.54) is 86.5 Å². The molecule has 0 amide bonds. The van der Waals surface area contributed by atoms with Crippen LogP contribution in [0.15, 0.2) is 48.5 Å². The summed E-state index contributed by atoms with van der Waals surface area (Å²) in [6, 6.07) is 17.8. The van der Waals surface area contributed by atoms with Crippen molar-refractivity contribution in [1.82, 2.24) is 0 Å². The molecule has 0 bridgehead atoms. The highest BCUT2D eigenvalue weighted by Gasteiger charge is 2.33. The van der Waals surface area contributed by atoms with Gasteiger partial charge in [-0.1, -0.05) is 107 Å². The molecule has 0 saturated carbocycles. The third-order valence-corrected chi connectivity index (χ3v) is 6.84. The van der Waals surface area contributed by atoms with Crippen LogP contribution in [-0.4, -0.2) is 12.1 Å². The molecule has 0 aliphatic carbocycles. The lowest BCUT2D eigenvalue weighted by molar-refractivity contribution is -0.144. The lowest BCUT2D eigenvalue weighted by Crippen LogP contribution is -2.10. The molecular weight excluding hydrogens is 392 g/mol. The van der Waals surface area contributed by atoms with Crippen molar-refractivity contribution in [3.8, 4) is 11.1 Å². The van der Waals surface area contributed by atoms with E-state index in [0.717, 1.165) is 19.3 Å². The summed E-state index contributed by atoms with van der Waals surface area (Å²) in [4.78, 5) is 12.3. The predicted octanol–water partition coefficient (Wildman–Crippen LogP) is 8.31. The van der Waals surface area contributed by atoms with Crippen LogP contribution in [0.2, 0.25) is 0 Å². The summed E-state index contributed by atoms with van der Waals surface area (Å²) in [5.41, 5.74) is 5.17. The molecule has 0 spiro atoms. The number of hydrogen-bond acceptors (Lipinski definition) is 2. The van der Waals surface area contributed by atoms with Crippen molar-refractivity contribution in [3.63, 3.8) is 0 Å². The molecule has 32 heavy (non-hydrogen) atoms. The lowest BCUT2D eigenvalue weighted by atomic mass is 9.93. The van der Waals surface area contributed by atoms with Crippen molar-refractivity contribution in [1.29, 1.82) is 0 Å². The molecule has 1 aliphatic heterocycles. The molecule has 2 aromatic carbocycles. The molecule has 0 aromatic heterocycles. The Bertz CT molecular complexity index is 791. The number of ether oxygens (including phenoxy) is 1. The first-order valence-electron chi connectivity index (χ1n) is 13.1. The van der Waals surface area contributed by atoms with Gasteiger partial charge in [-0.15, -0.1) is 0 Å². The molecule has 2 heteroatoms. The third-order valence-electron chi connectivity index (χ3n) is 6.84. The highest BCUT2D eigenvalue weighted by Crippen LogP contribution is 2.29. The van der Waals surface area contributed by atoms with Crippen LogP contribution in [0.25, 0.3) is 11.1 Å². The Hall–Kier alpha value is -2.09. The summed E-state index contributed by atoms with van der Waals surface area (Å²) in [5, 5.41) is 0. The zero-order chi connectivity index (χ0) is 22.6. The number of hydrogen-bond donors (Lipinski definition) is 0. The Kier molecular flexibility index (Phi) is 10.3. The van der Waals surface area contributed by atoms with Crippen molar-refractivity contribution >= 4 is 5.97 Å². The summed E-state index contributed by atoms with van der Waals surface area (Å²) in [6.45, 7) is 4.49. The zero-order valence-electron chi connectivity index (χ0n) is 20.3. The van der Waals surface area contributed by atoms with Crippen LogP contribution in [0.4, 0.5) is 0 Å². The van der Waals surface area contributed by atoms with E-state index in [-0.39, 0.29) is 18.0 Å². The summed E-state index contributed by atoms with van der Waals surface area (Å²) >= 11 is 0. The van der Waals surface area contributed by atoms with Gasteiger partial charge in [0.15, 0.2) is 0 Å². The number of esters is 1. The van der Waals surface area contributed by atoms with Gasteiger partial charge in [-0.25, -0.2) is 0 Å². The summed E-state index contributed by atoms with van der Waals surface area (Å²) < 4.78 is 5.64. The molecule has 1 saturated heterocycles. The molecule has 1 unspecified atom stereocenters. The van der Waals surface area contributed by atoms with E-state index in [9.17, 15) is 4.79 Å². The molecule has 2 aromatic rings. The number of aryl methyl sites for hydroxylation is 1. The first-order valence-corrected chi connectivity index (χ1v) is 13.1. The molecule has 2 nitrogen and oxygen atoms in total. The molecule has 0 radical (unpaired) electrons. The molecule has 2 atom stereocenters. The predicted molar refractivity (Wildman–Crippen MR) is 135 cm³/mol. The fraction of sp³-hybridized carbons (Fsp3) is 0.567. The largest absolute Gasteiger partial charge is 0.462 e. The summed E-state index contributed by atoms with van der Waals surface area (Å²) in [7, 11) is 0. The normalized spacial score (nSPS) is 18.1. The number of rotatable bonds is 14. The minimum Gasteiger partial charge on any atom is -0.462 e. The monoisotopic (exact) mass is 434 g/mol. The number of cyclic esters (lactones) is 1. The average Bonchev–Trinajstić information content (AvgIpc) is 3.16. The number of unbranched alkanes of at least 4 members (excludes halogenated alkanes) is 7. The Morgan fingerprint density at radius 2 is 1.28 bits per heavy atom. The van der Waals surface area contributed by atoms with E-state index in [1.54, 1.807) is 0 Å². The minimum absolute atomic E-state index is 0.000138. The second kappa shape index (κ2) is 13.5. The molecule has 1 heterocycles. The third kappa shape index (κ3) is 7.80. The first-order chi connectivity index (χ1) is 15.7. The van der Waals surface area contributed by atoms with Crippen molar-refractivity contribution in [2.45, 2.75) is 103 Å². The summed E-state index contributed by atoms with van der Waals surface area (Å²) in [6.07, 6.45) is 15.6. The van der Waals surface area contributed by atoms with Crippen molar-refractivity contribution < 1.29 is 9.53 Å². The van der Waals surface area contributed by atoms with E-state index in [2.05, 4.69) is 62.4 Å². The maximum absolute atomic E-state index is 12.3. The van der Waals surface area contributed by atoms with Gasteiger partial charge in [0.05, 0.1) is 5.92 Å². The Balaban J connectivity index is 1.46. The quantitative estimate of drug-likeness (QED) is 0.221. The van der Waals surface area contributed by atoms with Crippen LogP contribution in [0.3, 0.4) is 0 Å². The lowest BCUT2D eigenvalue weighted by Gasteiger charge is -2.09. The standard InChI is InChI=1S/C30H42O2/c1-3-5-7-9-10-12-24-14-18-26(19-15-24)27-20-16-25(17-21-27)22-28-23-29(32-30(28)31)13-11-8-6-4-2/h14-21,28-29H,3-13,22-23H2,1-2H3/t28?,29-/m1/s1. The second-order valence-corrected chi connectivity index (χ2v) is 9.60. The van der Waals surface area contributed by atoms with Crippen LogP contribution >= 0.6 is 0 Å². The van der Waals surface area contributed by atoms with Crippen molar-refractivity contribution in [2.24, 2.45) is 5.92 Å². The van der Waals surface area contributed by atoms with E-state index in [1.807, 2.05) is 0 Å². The highest BCUT2D eigenvalue weighted by molar-refractivity contribution is 5.75. The highest BCUT2D eigenvalue weighted by atomic mass is 16.5.